The molecule has 4 unspecified atom stereocenters. The van der Waals surface area contributed by atoms with Crippen LogP contribution in [0.2, 0.25) is 0 Å². The van der Waals surface area contributed by atoms with Crippen molar-refractivity contribution in [1.29, 1.82) is 0 Å². The van der Waals surface area contributed by atoms with Gasteiger partial charge < -0.3 is 27.6 Å². The molecule has 4 aliphatic carbocycles. The van der Waals surface area contributed by atoms with Crippen LogP contribution in [0.25, 0.3) is 5.32 Å². The first kappa shape index (κ1) is 28.2. The van der Waals surface area contributed by atoms with Crippen molar-refractivity contribution in [2.45, 2.75) is 91.0 Å². The second-order valence-corrected chi connectivity index (χ2v) is 9.94. The molecular formula is C26H45NTi. The maximum atomic E-state index is 5.08. The Balaban J connectivity index is 0.00000182. The van der Waals surface area contributed by atoms with Gasteiger partial charge in [0.05, 0.1) is 0 Å². The van der Waals surface area contributed by atoms with Crippen LogP contribution in [0.5, 0.6) is 0 Å². The molecule has 158 valence electrons. The Hall–Kier alpha value is 0.154. The van der Waals surface area contributed by atoms with Gasteiger partial charge in [0, 0.05) is 0 Å². The monoisotopic (exact) mass is 419 g/mol. The largest absolute Gasteiger partial charge is 4.00 e. The third kappa shape index (κ3) is 5.25. The maximum Gasteiger partial charge on any atom is 4.00 e. The molecule has 1 fully saturated rings. The van der Waals surface area contributed by atoms with E-state index in [-0.39, 0.29) is 49.5 Å². The van der Waals surface area contributed by atoms with Gasteiger partial charge in [-0.05, 0) is 86.7 Å². The molecule has 1 saturated carbocycles. The summed E-state index contributed by atoms with van der Waals surface area (Å²) in [6.45, 7) is 10.4. The summed E-state index contributed by atoms with van der Waals surface area (Å²) < 4.78 is 0. The molecule has 28 heavy (non-hydrogen) atoms. The predicted molar refractivity (Wildman–Crippen MR) is 122 cm³/mol. The number of allylic oxidation sites excluding steroid dienone is 4. The summed E-state index contributed by atoms with van der Waals surface area (Å²) in [4.78, 5) is 0. The molecule has 0 aromatic carbocycles. The normalized spacial score (nSPS) is 31.3. The van der Waals surface area contributed by atoms with Crippen LogP contribution in [0.3, 0.4) is 0 Å². The Labute approximate surface area is 192 Å². The average Bonchev–Trinajstić information content (AvgIpc) is 2.89. The summed E-state index contributed by atoms with van der Waals surface area (Å²) in [6.07, 6.45) is 12.8. The number of rotatable bonds is 2. The number of fused-ring (bicyclic) bond motifs is 4. The maximum absolute atomic E-state index is 5.08. The minimum absolute atomic E-state index is 0. The van der Waals surface area contributed by atoms with E-state index in [1.165, 1.54) is 57.8 Å². The van der Waals surface area contributed by atoms with Crippen LogP contribution >= 0.6 is 0 Å². The molecule has 0 bridgehead atoms. The van der Waals surface area contributed by atoms with Gasteiger partial charge in [0.25, 0.3) is 0 Å². The van der Waals surface area contributed by atoms with E-state index in [0.29, 0.717) is 0 Å². The van der Waals surface area contributed by atoms with E-state index in [4.69, 9.17) is 5.32 Å². The number of nitrogens with zero attached hydrogens (tertiary/aromatic N) is 1. The Bertz CT molecular complexity index is 565. The van der Waals surface area contributed by atoms with Gasteiger partial charge in [0.2, 0.25) is 0 Å². The first-order valence-corrected chi connectivity index (χ1v) is 10.6. The molecule has 2 heteroatoms. The van der Waals surface area contributed by atoms with Gasteiger partial charge in [-0.2, -0.15) is 0 Å². The Morgan fingerprint density at radius 1 is 0.821 bits per heavy atom. The third-order valence-electron chi connectivity index (χ3n) is 7.26. The number of hydrogen-bond donors (Lipinski definition) is 0. The van der Waals surface area contributed by atoms with Crippen LogP contribution in [0.15, 0.2) is 22.3 Å². The molecule has 0 amide bonds. The standard InChI is InChI=1S/C23H36N.3CH3.Ti/c1-15-13-20-18-11-6-5-9-16(18)17-10-7-8-12-19(17)22(20)21(15)14-24-23(2,3)4;;;;/h15,20-22H,5-14H2,1-4H3;3*1H3;/q4*-1;+4. The molecule has 0 N–H and O–H groups in total. The molecule has 0 spiro atoms. The molecule has 0 aromatic heterocycles. The third-order valence-corrected chi connectivity index (χ3v) is 7.26. The van der Waals surface area contributed by atoms with Crippen LogP contribution in [0.1, 0.15) is 85.5 Å². The quantitative estimate of drug-likeness (QED) is 0.317. The van der Waals surface area contributed by atoms with Crippen LogP contribution in [0.4, 0.5) is 0 Å². The molecule has 0 aliphatic heterocycles. The summed E-state index contributed by atoms with van der Waals surface area (Å²) in [5.74, 6) is 3.37. The molecule has 4 aliphatic rings. The SMILES string of the molecule is CC1CC2C3=C(CCCC3)C3=C(CCCC3)C2C1C[N-]C(C)(C)C.[CH3-].[CH3-].[CH3-].[Ti+4]. The molecule has 0 aromatic rings. The van der Waals surface area contributed by atoms with Crippen LogP contribution in [-0.2, 0) is 21.7 Å². The van der Waals surface area contributed by atoms with Crippen molar-refractivity contribution in [1.82, 2.24) is 0 Å². The van der Waals surface area contributed by atoms with Gasteiger partial charge in [-0.15, -0.1) is 12.1 Å². The predicted octanol–water partition coefficient (Wildman–Crippen LogP) is 8.15. The zero-order valence-corrected chi connectivity index (χ0v) is 21.4. The van der Waals surface area contributed by atoms with E-state index in [1.807, 2.05) is 22.3 Å². The van der Waals surface area contributed by atoms with E-state index in [9.17, 15) is 0 Å². The summed E-state index contributed by atoms with van der Waals surface area (Å²) >= 11 is 0. The van der Waals surface area contributed by atoms with Crippen molar-refractivity contribution >= 4 is 0 Å². The first-order chi connectivity index (χ1) is 11.5. The fourth-order valence-electron chi connectivity index (χ4n) is 6.23. The van der Waals surface area contributed by atoms with Crippen molar-refractivity contribution < 1.29 is 21.7 Å². The van der Waals surface area contributed by atoms with Crippen molar-refractivity contribution in [3.8, 4) is 0 Å². The van der Waals surface area contributed by atoms with Gasteiger partial charge in [0.15, 0.2) is 0 Å². The summed E-state index contributed by atoms with van der Waals surface area (Å²) in [7, 11) is 0. The van der Waals surface area contributed by atoms with Crippen LogP contribution in [-0.4, -0.2) is 12.1 Å². The topological polar surface area (TPSA) is 14.1 Å². The minimum Gasteiger partial charge on any atom is -0.657 e. The van der Waals surface area contributed by atoms with Gasteiger partial charge >= 0.3 is 21.7 Å². The van der Waals surface area contributed by atoms with Crippen molar-refractivity contribution in [3.63, 3.8) is 0 Å². The Morgan fingerprint density at radius 3 is 1.89 bits per heavy atom. The molecular weight excluding hydrogens is 374 g/mol. The molecule has 0 radical (unpaired) electrons. The van der Waals surface area contributed by atoms with E-state index >= 15 is 0 Å². The molecule has 0 heterocycles. The molecule has 4 atom stereocenters. The molecule has 4 rings (SSSR count). The number of hydrogen-bond acceptors (Lipinski definition) is 0. The van der Waals surface area contributed by atoms with E-state index in [1.54, 1.807) is 0 Å². The Morgan fingerprint density at radius 2 is 1.32 bits per heavy atom. The first-order valence-electron chi connectivity index (χ1n) is 10.6. The molecule has 1 nitrogen and oxygen atoms in total. The van der Waals surface area contributed by atoms with Crippen molar-refractivity contribution in [2.24, 2.45) is 23.7 Å². The van der Waals surface area contributed by atoms with E-state index < -0.39 is 0 Å². The average molecular weight is 420 g/mol. The van der Waals surface area contributed by atoms with Crippen LogP contribution < -0.4 is 0 Å². The minimum atomic E-state index is 0. The second-order valence-electron chi connectivity index (χ2n) is 9.94. The summed E-state index contributed by atoms with van der Waals surface area (Å²) in [5, 5.41) is 5.08. The molecule has 0 saturated heterocycles. The van der Waals surface area contributed by atoms with Gasteiger partial charge in [0.1, 0.15) is 0 Å². The van der Waals surface area contributed by atoms with E-state index in [0.717, 1.165) is 30.2 Å². The van der Waals surface area contributed by atoms with Crippen molar-refractivity contribution in [3.05, 3.63) is 49.9 Å². The van der Waals surface area contributed by atoms with Crippen LogP contribution in [0, 0.1) is 46.0 Å². The zero-order valence-electron chi connectivity index (χ0n) is 19.8. The van der Waals surface area contributed by atoms with Crippen molar-refractivity contribution in [2.75, 3.05) is 6.54 Å². The smallest absolute Gasteiger partial charge is 0.657 e. The fraction of sp³-hybridized carbons (Fsp3) is 0.731. The van der Waals surface area contributed by atoms with E-state index in [2.05, 4.69) is 27.7 Å². The van der Waals surface area contributed by atoms with Gasteiger partial charge in [-0.1, -0.05) is 44.8 Å². The zero-order chi connectivity index (χ0) is 16.9. The van der Waals surface area contributed by atoms with Gasteiger partial charge in [-0.25, -0.2) is 0 Å². The second kappa shape index (κ2) is 11.0. The summed E-state index contributed by atoms with van der Waals surface area (Å²) in [6, 6.07) is 0. The fourth-order valence-corrected chi connectivity index (χ4v) is 6.23. The Kier molecular flexibility index (Phi) is 11.0. The van der Waals surface area contributed by atoms with Gasteiger partial charge in [-0.3, -0.25) is 0 Å². The summed E-state index contributed by atoms with van der Waals surface area (Å²) in [5.41, 5.74) is 7.65.